The molecule has 0 fully saturated rings. The lowest BCUT2D eigenvalue weighted by Crippen LogP contribution is -2.05. The average Bonchev–Trinajstić information content (AvgIpc) is 2.95. The maximum absolute atomic E-state index is 5.88. The van der Waals surface area contributed by atoms with E-state index >= 15 is 0 Å². The van der Waals surface area contributed by atoms with E-state index in [-0.39, 0.29) is 0 Å². The highest BCUT2D eigenvalue weighted by atomic mass is 16.5. The summed E-state index contributed by atoms with van der Waals surface area (Å²) in [5.74, 6) is 2.15. The first kappa shape index (κ1) is 16.6. The summed E-state index contributed by atoms with van der Waals surface area (Å²) in [6, 6.07) is 14.7. The number of fused-ring (bicyclic) bond motifs is 1. The summed E-state index contributed by atoms with van der Waals surface area (Å²) in [7, 11) is 0. The third-order valence-electron chi connectivity index (χ3n) is 4.57. The van der Waals surface area contributed by atoms with Crippen LogP contribution >= 0.6 is 0 Å². The van der Waals surface area contributed by atoms with Crippen LogP contribution in [0.2, 0.25) is 0 Å². The minimum atomic E-state index is 0.761. The van der Waals surface area contributed by atoms with Gasteiger partial charge in [-0.15, -0.1) is 0 Å². The molecule has 0 spiro atoms. The van der Waals surface area contributed by atoms with Gasteiger partial charge < -0.3 is 9.30 Å². The lowest BCUT2D eigenvalue weighted by molar-refractivity contribution is 0.303. The van der Waals surface area contributed by atoms with Gasteiger partial charge in [0.1, 0.15) is 11.6 Å². The van der Waals surface area contributed by atoms with Gasteiger partial charge in [-0.05, 0) is 62.1 Å². The molecule has 0 atom stereocenters. The minimum absolute atomic E-state index is 0.761. The first-order chi connectivity index (χ1) is 11.7. The third-order valence-corrected chi connectivity index (χ3v) is 4.57. The highest BCUT2D eigenvalue weighted by molar-refractivity contribution is 5.75. The highest BCUT2D eigenvalue weighted by Gasteiger charge is 2.08. The van der Waals surface area contributed by atoms with E-state index in [0.29, 0.717) is 0 Å². The molecule has 0 bridgehead atoms. The zero-order valence-electron chi connectivity index (χ0n) is 14.9. The number of ether oxygens (including phenoxy) is 1. The Kier molecular flexibility index (Phi) is 5.19. The van der Waals surface area contributed by atoms with Gasteiger partial charge in [0.25, 0.3) is 0 Å². The molecule has 0 radical (unpaired) electrons. The molecule has 1 heterocycles. The van der Waals surface area contributed by atoms with Crippen molar-refractivity contribution in [2.75, 3.05) is 6.61 Å². The van der Waals surface area contributed by atoms with E-state index in [4.69, 9.17) is 9.72 Å². The van der Waals surface area contributed by atoms with Gasteiger partial charge in [-0.1, -0.05) is 25.1 Å². The number of aryl methyl sites for hydroxylation is 4. The number of hydrogen-bond acceptors (Lipinski definition) is 2. The Bertz CT molecular complexity index is 820. The maximum atomic E-state index is 5.88. The molecule has 0 amide bonds. The van der Waals surface area contributed by atoms with E-state index in [2.05, 4.69) is 67.8 Å². The van der Waals surface area contributed by atoms with Crippen molar-refractivity contribution in [2.24, 2.45) is 0 Å². The van der Waals surface area contributed by atoms with Crippen LogP contribution in [0.3, 0.4) is 0 Å². The molecule has 3 heteroatoms. The second kappa shape index (κ2) is 7.52. The number of hydrogen-bond donors (Lipinski definition) is 0. The Hall–Kier alpha value is -2.29. The molecule has 0 N–H and O–H groups in total. The quantitative estimate of drug-likeness (QED) is 0.568. The van der Waals surface area contributed by atoms with Crippen molar-refractivity contribution in [1.82, 2.24) is 9.55 Å². The summed E-state index contributed by atoms with van der Waals surface area (Å²) in [4.78, 5) is 4.73. The number of imidazole rings is 1. The Morgan fingerprint density at radius 3 is 2.62 bits per heavy atom. The number of nitrogens with zero attached hydrogens (tertiary/aromatic N) is 2. The van der Waals surface area contributed by atoms with Crippen LogP contribution in [-0.4, -0.2) is 16.2 Å². The molecule has 3 rings (SSSR count). The van der Waals surface area contributed by atoms with Gasteiger partial charge in [-0.25, -0.2) is 4.98 Å². The van der Waals surface area contributed by atoms with Gasteiger partial charge in [0.05, 0.1) is 17.6 Å². The van der Waals surface area contributed by atoms with Crippen molar-refractivity contribution >= 4 is 11.0 Å². The summed E-state index contributed by atoms with van der Waals surface area (Å²) in [5.41, 5.74) is 4.93. The van der Waals surface area contributed by atoms with Gasteiger partial charge >= 0.3 is 0 Å². The van der Waals surface area contributed by atoms with E-state index in [9.17, 15) is 0 Å². The van der Waals surface area contributed by atoms with Crippen LogP contribution in [0.4, 0.5) is 0 Å². The van der Waals surface area contributed by atoms with E-state index < -0.39 is 0 Å². The predicted molar refractivity (Wildman–Crippen MR) is 99.8 cm³/mol. The molecule has 0 saturated carbocycles. The first-order valence-electron chi connectivity index (χ1n) is 8.83. The molecule has 2 aromatic carbocycles. The van der Waals surface area contributed by atoms with Crippen LogP contribution in [0, 0.1) is 13.8 Å². The third kappa shape index (κ3) is 3.61. The van der Waals surface area contributed by atoms with Gasteiger partial charge in [-0.3, -0.25) is 0 Å². The summed E-state index contributed by atoms with van der Waals surface area (Å²) in [6.45, 7) is 8.18. The summed E-state index contributed by atoms with van der Waals surface area (Å²) < 4.78 is 8.23. The number of unbranched alkanes of at least 4 members (excludes halogenated alkanes) is 1. The van der Waals surface area contributed by atoms with Crippen LogP contribution in [-0.2, 0) is 13.0 Å². The van der Waals surface area contributed by atoms with Crippen molar-refractivity contribution in [1.29, 1.82) is 0 Å². The largest absolute Gasteiger partial charge is 0.494 e. The molecule has 126 valence electrons. The molecule has 1 aromatic heterocycles. The second-order valence-electron chi connectivity index (χ2n) is 6.32. The Morgan fingerprint density at radius 1 is 1.00 bits per heavy atom. The molecule has 24 heavy (non-hydrogen) atoms. The number of rotatable bonds is 7. The topological polar surface area (TPSA) is 27.1 Å². The van der Waals surface area contributed by atoms with Crippen molar-refractivity contribution < 1.29 is 4.74 Å². The highest BCUT2D eigenvalue weighted by Crippen LogP contribution is 2.18. The molecular formula is C21H26N2O. The Morgan fingerprint density at radius 2 is 1.83 bits per heavy atom. The standard InChI is InChI=1S/C21H26N2O/c1-4-21-22-19-9-5-6-10-20(19)23(21)13-7-8-14-24-18-12-11-16(2)17(3)15-18/h5-6,9-12,15H,4,7-8,13-14H2,1-3H3. The fraction of sp³-hybridized carbons (Fsp3) is 0.381. The number of aromatic nitrogens is 2. The second-order valence-corrected chi connectivity index (χ2v) is 6.32. The Labute approximate surface area is 144 Å². The number of benzene rings is 2. The molecular weight excluding hydrogens is 296 g/mol. The molecule has 3 nitrogen and oxygen atoms in total. The monoisotopic (exact) mass is 322 g/mol. The fourth-order valence-corrected chi connectivity index (χ4v) is 3.01. The first-order valence-corrected chi connectivity index (χ1v) is 8.83. The predicted octanol–water partition coefficient (Wildman–Crippen LogP) is 5.07. The van der Waals surface area contributed by atoms with Crippen LogP contribution in [0.15, 0.2) is 42.5 Å². The molecule has 0 saturated heterocycles. The van der Waals surface area contributed by atoms with E-state index in [0.717, 1.165) is 43.7 Å². The van der Waals surface area contributed by atoms with Crippen LogP contribution in [0.25, 0.3) is 11.0 Å². The lowest BCUT2D eigenvalue weighted by Gasteiger charge is -2.10. The van der Waals surface area contributed by atoms with Crippen LogP contribution < -0.4 is 4.74 Å². The van der Waals surface area contributed by atoms with E-state index in [1.807, 2.05) is 0 Å². The van der Waals surface area contributed by atoms with Crippen LogP contribution in [0.1, 0.15) is 36.7 Å². The zero-order valence-corrected chi connectivity index (χ0v) is 14.9. The van der Waals surface area contributed by atoms with Gasteiger partial charge in [0.15, 0.2) is 0 Å². The fourth-order valence-electron chi connectivity index (χ4n) is 3.01. The van der Waals surface area contributed by atoms with Gasteiger partial charge in [0, 0.05) is 13.0 Å². The van der Waals surface area contributed by atoms with Crippen LogP contribution in [0.5, 0.6) is 5.75 Å². The summed E-state index contributed by atoms with van der Waals surface area (Å²) in [5, 5.41) is 0. The molecule has 0 aliphatic carbocycles. The smallest absolute Gasteiger partial charge is 0.119 e. The van der Waals surface area contributed by atoms with E-state index in [1.165, 1.54) is 22.5 Å². The maximum Gasteiger partial charge on any atom is 0.119 e. The van der Waals surface area contributed by atoms with E-state index in [1.54, 1.807) is 0 Å². The summed E-state index contributed by atoms with van der Waals surface area (Å²) in [6.07, 6.45) is 3.11. The average molecular weight is 322 g/mol. The minimum Gasteiger partial charge on any atom is -0.494 e. The molecule has 0 unspecified atom stereocenters. The molecule has 0 aliphatic rings. The summed E-state index contributed by atoms with van der Waals surface area (Å²) >= 11 is 0. The van der Waals surface area contributed by atoms with Crippen molar-refractivity contribution in [3.05, 3.63) is 59.4 Å². The Balaban J connectivity index is 1.54. The molecule has 0 aliphatic heterocycles. The SMILES string of the molecule is CCc1nc2ccccc2n1CCCCOc1ccc(C)c(C)c1. The number of para-hydroxylation sites is 2. The zero-order chi connectivity index (χ0) is 16.9. The van der Waals surface area contributed by atoms with Crippen molar-refractivity contribution in [3.63, 3.8) is 0 Å². The molecule has 3 aromatic rings. The van der Waals surface area contributed by atoms with Gasteiger partial charge in [-0.2, -0.15) is 0 Å². The van der Waals surface area contributed by atoms with Crippen molar-refractivity contribution in [3.8, 4) is 5.75 Å². The van der Waals surface area contributed by atoms with Crippen molar-refractivity contribution in [2.45, 2.75) is 46.6 Å². The normalized spacial score (nSPS) is 11.1. The lowest BCUT2D eigenvalue weighted by atomic mass is 10.1. The van der Waals surface area contributed by atoms with Gasteiger partial charge in [0.2, 0.25) is 0 Å².